The summed E-state index contributed by atoms with van der Waals surface area (Å²) in [7, 11) is 0. The summed E-state index contributed by atoms with van der Waals surface area (Å²) in [6, 6.07) is 5.96. The summed E-state index contributed by atoms with van der Waals surface area (Å²) in [5.74, 6) is 0.404. The van der Waals surface area contributed by atoms with E-state index in [0.29, 0.717) is 10.9 Å². The lowest BCUT2D eigenvalue weighted by Gasteiger charge is -2.27. The van der Waals surface area contributed by atoms with E-state index in [2.05, 4.69) is 4.98 Å². The predicted octanol–water partition coefficient (Wildman–Crippen LogP) is 6.28. The van der Waals surface area contributed by atoms with Gasteiger partial charge in [-0.05, 0) is 58.4 Å². The minimum atomic E-state index is -0.888. The zero-order valence-corrected chi connectivity index (χ0v) is 19.9. The highest BCUT2D eigenvalue weighted by atomic mass is 35.5. The molecule has 1 aliphatic rings. The smallest absolute Gasteiger partial charge is 0.340 e. The van der Waals surface area contributed by atoms with Crippen molar-refractivity contribution < 1.29 is 19.0 Å². The van der Waals surface area contributed by atoms with E-state index in [1.54, 1.807) is 6.92 Å². The van der Waals surface area contributed by atoms with E-state index in [1.807, 2.05) is 52.1 Å². The Kier molecular flexibility index (Phi) is 5.99. The van der Waals surface area contributed by atoms with Crippen molar-refractivity contribution in [1.29, 1.82) is 0 Å². The molecule has 5 nitrogen and oxygen atoms in total. The molecule has 3 aromatic rings. The van der Waals surface area contributed by atoms with Crippen molar-refractivity contribution in [2.75, 3.05) is 13.2 Å². The molecule has 1 aliphatic heterocycles. The molecule has 0 fully saturated rings. The quantitative estimate of drug-likeness (QED) is 0.420. The highest BCUT2D eigenvalue weighted by Crippen LogP contribution is 2.48. The van der Waals surface area contributed by atoms with Gasteiger partial charge in [-0.15, -0.1) is 11.3 Å². The zero-order chi connectivity index (χ0) is 22.3. The molecule has 0 N–H and O–H groups in total. The number of benzene rings is 1. The summed E-state index contributed by atoms with van der Waals surface area (Å²) in [5, 5.41) is 1.00. The first kappa shape index (κ1) is 22.1. The van der Waals surface area contributed by atoms with Gasteiger partial charge in [0.15, 0.2) is 6.10 Å². The molecule has 0 bridgehead atoms. The first-order valence-corrected chi connectivity index (χ1v) is 11.6. The van der Waals surface area contributed by atoms with E-state index < -0.39 is 17.7 Å². The Morgan fingerprint density at radius 1 is 1.32 bits per heavy atom. The van der Waals surface area contributed by atoms with E-state index in [0.717, 1.165) is 44.6 Å². The summed E-state index contributed by atoms with van der Waals surface area (Å²) in [5.41, 5.74) is 3.83. The van der Waals surface area contributed by atoms with Gasteiger partial charge in [-0.3, -0.25) is 4.98 Å². The second kappa shape index (κ2) is 8.41. The monoisotopic (exact) mass is 459 g/mol. The Bertz CT molecular complexity index is 1140. The molecule has 7 heteroatoms. The highest BCUT2D eigenvalue weighted by Gasteiger charge is 2.35. The third kappa shape index (κ3) is 4.16. The number of pyridine rings is 1. The van der Waals surface area contributed by atoms with Gasteiger partial charge in [0.05, 0.1) is 24.3 Å². The maximum absolute atomic E-state index is 13.0. The lowest BCUT2D eigenvalue weighted by Crippen LogP contribution is -2.29. The van der Waals surface area contributed by atoms with Crippen molar-refractivity contribution in [2.24, 2.45) is 0 Å². The van der Waals surface area contributed by atoms with Crippen molar-refractivity contribution in [3.05, 3.63) is 44.7 Å². The fourth-order valence-corrected chi connectivity index (χ4v) is 5.45. The van der Waals surface area contributed by atoms with Gasteiger partial charge < -0.3 is 14.2 Å². The average Bonchev–Trinajstić information content (AvgIpc) is 3.00. The van der Waals surface area contributed by atoms with Crippen LogP contribution in [0, 0.1) is 6.92 Å². The van der Waals surface area contributed by atoms with Gasteiger partial charge in [-0.25, -0.2) is 4.79 Å². The molecule has 1 unspecified atom stereocenters. The van der Waals surface area contributed by atoms with Crippen LogP contribution in [0.2, 0.25) is 4.34 Å². The molecular weight excluding hydrogens is 434 g/mol. The zero-order valence-electron chi connectivity index (χ0n) is 18.4. The molecule has 0 amide bonds. The number of carbonyl (C=O) groups excluding carboxylic acids is 1. The fourth-order valence-electron chi connectivity index (χ4n) is 3.99. The van der Waals surface area contributed by atoms with E-state index in [9.17, 15) is 4.79 Å². The number of aromatic nitrogens is 1. The largest absolute Gasteiger partial charge is 0.493 e. The third-order valence-electron chi connectivity index (χ3n) is 5.16. The Morgan fingerprint density at radius 3 is 2.81 bits per heavy atom. The van der Waals surface area contributed by atoms with Crippen molar-refractivity contribution >= 4 is 39.8 Å². The summed E-state index contributed by atoms with van der Waals surface area (Å²) in [4.78, 5) is 18.6. The number of rotatable bonds is 5. The van der Waals surface area contributed by atoms with Crippen LogP contribution < -0.4 is 4.74 Å². The number of ether oxygens (including phenoxy) is 3. The topological polar surface area (TPSA) is 57.7 Å². The fraction of sp³-hybridized carbons (Fsp3) is 0.417. The maximum atomic E-state index is 13.0. The van der Waals surface area contributed by atoms with Gasteiger partial charge in [-0.1, -0.05) is 11.6 Å². The maximum Gasteiger partial charge on any atom is 0.340 e. The number of hydrogen-bond acceptors (Lipinski definition) is 6. The normalized spacial score (nSPS) is 14.4. The standard InChI is InChI=1S/C24H26ClNO4S/c1-6-28-23(27)21(30-24(3,4)5)17-13(2)31-22(25)19(17)15-7-8-16-18-14(10-12-29-16)9-11-26-20(15)18/h7-9,11,21H,6,10,12H2,1-5H3. The lowest BCUT2D eigenvalue weighted by molar-refractivity contribution is -0.166. The average molecular weight is 460 g/mol. The van der Waals surface area contributed by atoms with Gasteiger partial charge in [0, 0.05) is 39.6 Å². The van der Waals surface area contributed by atoms with E-state index in [-0.39, 0.29) is 6.61 Å². The number of hydrogen-bond donors (Lipinski definition) is 0. The number of carbonyl (C=O) groups is 1. The SMILES string of the molecule is CCOC(=O)C(OC(C)(C)C)c1c(C)sc(Cl)c1-c1ccc2c3c(ccnc13)CCO2. The first-order valence-electron chi connectivity index (χ1n) is 10.4. The van der Waals surface area contributed by atoms with Crippen LogP contribution in [0.4, 0.5) is 0 Å². The van der Waals surface area contributed by atoms with Crippen molar-refractivity contribution in [2.45, 2.75) is 52.7 Å². The molecule has 2 aromatic heterocycles. The third-order valence-corrected chi connectivity index (χ3v) is 6.49. The van der Waals surface area contributed by atoms with E-state index >= 15 is 0 Å². The van der Waals surface area contributed by atoms with Gasteiger partial charge in [-0.2, -0.15) is 0 Å². The van der Waals surface area contributed by atoms with Crippen LogP contribution in [0.15, 0.2) is 24.4 Å². The second-order valence-corrected chi connectivity index (χ2v) is 10.3. The van der Waals surface area contributed by atoms with Gasteiger partial charge in [0.25, 0.3) is 0 Å². The van der Waals surface area contributed by atoms with Crippen molar-refractivity contribution in [1.82, 2.24) is 4.98 Å². The first-order chi connectivity index (χ1) is 14.7. The molecule has 3 heterocycles. The molecule has 0 aliphatic carbocycles. The van der Waals surface area contributed by atoms with Crippen LogP contribution in [0.5, 0.6) is 5.75 Å². The Labute approximate surface area is 191 Å². The number of thiophene rings is 1. The van der Waals surface area contributed by atoms with Gasteiger partial charge in [0.1, 0.15) is 10.1 Å². The van der Waals surface area contributed by atoms with Crippen LogP contribution in [0.25, 0.3) is 22.0 Å². The lowest BCUT2D eigenvalue weighted by atomic mass is 9.93. The van der Waals surface area contributed by atoms with Crippen LogP contribution >= 0.6 is 22.9 Å². The second-order valence-electron chi connectivity index (χ2n) is 8.49. The minimum Gasteiger partial charge on any atom is -0.493 e. The van der Waals surface area contributed by atoms with Crippen LogP contribution in [0.3, 0.4) is 0 Å². The minimum absolute atomic E-state index is 0.273. The predicted molar refractivity (Wildman–Crippen MR) is 124 cm³/mol. The molecule has 31 heavy (non-hydrogen) atoms. The summed E-state index contributed by atoms with van der Waals surface area (Å²) in [6.45, 7) is 10.4. The molecule has 1 atom stereocenters. The molecule has 4 rings (SSSR count). The molecule has 164 valence electrons. The van der Waals surface area contributed by atoms with Gasteiger partial charge in [0.2, 0.25) is 0 Å². The summed E-state index contributed by atoms with van der Waals surface area (Å²) < 4.78 is 18.1. The molecular formula is C24H26ClNO4S. The number of nitrogens with zero attached hydrogens (tertiary/aromatic N) is 1. The summed E-state index contributed by atoms with van der Waals surface area (Å²) >= 11 is 8.20. The van der Waals surface area contributed by atoms with E-state index in [4.69, 9.17) is 25.8 Å². The van der Waals surface area contributed by atoms with E-state index in [1.165, 1.54) is 16.9 Å². The molecule has 0 radical (unpaired) electrons. The Morgan fingerprint density at radius 2 is 2.10 bits per heavy atom. The van der Waals surface area contributed by atoms with Crippen molar-refractivity contribution in [3.63, 3.8) is 0 Å². The van der Waals surface area contributed by atoms with Gasteiger partial charge >= 0.3 is 5.97 Å². The van der Waals surface area contributed by atoms with Crippen LogP contribution in [0.1, 0.15) is 49.8 Å². The Hall–Kier alpha value is -2.15. The number of esters is 1. The summed E-state index contributed by atoms with van der Waals surface area (Å²) in [6.07, 6.45) is 1.76. The number of aryl methyl sites for hydroxylation is 1. The Balaban J connectivity index is 1.96. The molecule has 0 saturated heterocycles. The van der Waals surface area contributed by atoms with Crippen molar-refractivity contribution in [3.8, 4) is 16.9 Å². The molecule has 0 spiro atoms. The molecule has 0 saturated carbocycles. The highest BCUT2D eigenvalue weighted by molar-refractivity contribution is 7.17. The van der Waals surface area contributed by atoms with Crippen LogP contribution in [-0.2, 0) is 20.7 Å². The van der Waals surface area contributed by atoms with Crippen LogP contribution in [-0.4, -0.2) is 29.8 Å². The molecule has 1 aromatic carbocycles. The number of halogens is 1.